The standard InChI is InChI=1S/C19H20F.Rb/c1-14-7-9-16(10-8-14)18-12-11-17(13-19(18)20)15-5-3-2-4-6-15;/h3-6,11-14,16H,7-10H2,1H3;/q-1;+1. The molecule has 0 aromatic heterocycles. The van der Waals surface area contributed by atoms with Crippen LogP contribution in [0.3, 0.4) is 0 Å². The molecule has 0 spiro atoms. The molecular formula is C19H20FRb. The SMILES string of the molecule is CC1CCC(c2ccc(-c3cc[c-]cc3)cc2F)CC1.[Rb+]. The number of hydrogen-bond donors (Lipinski definition) is 0. The molecule has 0 bridgehead atoms. The van der Waals surface area contributed by atoms with E-state index in [0.29, 0.717) is 5.92 Å². The largest absolute Gasteiger partial charge is 1.00 e. The number of halogens is 1. The first-order valence-electron chi connectivity index (χ1n) is 7.50. The van der Waals surface area contributed by atoms with Crippen molar-refractivity contribution in [2.75, 3.05) is 0 Å². The van der Waals surface area contributed by atoms with E-state index in [0.717, 1.165) is 35.4 Å². The Balaban J connectivity index is 0.00000161. The summed E-state index contributed by atoms with van der Waals surface area (Å²) in [6, 6.07) is 16.4. The van der Waals surface area contributed by atoms with Gasteiger partial charge in [0.1, 0.15) is 5.82 Å². The van der Waals surface area contributed by atoms with Crippen LogP contribution in [0.15, 0.2) is 42.5 Å². The first kappa shape index (κ1) is 17.5. The van der Waals surface area contributed by atoms with Crippen LogP contribution < -0.4 is 58.2 Å². The van der Waals surface area contributed by atoms with Crippen molar-refractivity contribution in [1.29, 1.82) is 0 Å². The van der Waals surface area contributed by atoms with E-state index in [2.05, 4.69) is 13.0 Å². The van der Waals surface area contributed by atoms with Crippen LogP contribution in [0.25, 0.3) is 11.1 Å². The van der Waals surface area contributed by atoms with E-state index in [4.69, 9.17) is 0 Å². The zero-order chi connectivity index (χ0) is 13.9. The minimum atomic E-state index is -0.0464. The zero-order valence-corrected chi connectivity index (χ0v) is 17.8. The smallest absolute Gasteiger partial charge is 0.207 e. The molecule has 1 aliphatic carbocycles. The van der Waals surface area contributed by atoms with Crippen LogP contribution in [0.2, 0.25) is 0 Å². The zero-order valence-electron chi connectivity index (χ0n) is 12.9. The van der Waals surface area contributed by atoms with Gasteiger partial charge in [0, 0.05) is 0 Å². The van der Waals surface area contributed by atoms with E-state index in [1.807, 2.05) is 36.4 Å². The number of rotatable bonds is 2. The molecule has 0 nitrogen and oxygen atoms in total. The summed E-state index contributed by atoms with van der Waals surface area (Å²) in [5, 5.41) is 0. The average molecular weight is 353 g/mol. The minimum absolute atomic E-state index is 0. The molecule has 0 unspecified atom stereocenters. The molecule has 2 aromatic carbocycles. The normalized spacial score (nSPS) is 21.6. The van der Waals surface area contributed by atoms with Crippen molar-refractivity contribution >= 4 is 0 Å². The fourth-order valence-corrected chi connectivity index (χ4v) is 3.19. The third-order valence-electron chi connectivity index (χ3n) is 4.51. The second-order valence-corrected chi connectivity index (χ2v) is 5.98. The summed E-state index contributed by atoms with van der Waals surface area (Å²) in [5.41, 5.74) is 2.90. The molecule has 0 amide bonds. The molecule has 2 aromatic rings. The summed E-state index contributed by atoms with van der Waals surface area (Å²) < 4.78 is 14.4. The van der Waals surface area contributed by atoms with Gasteiger partial charge in [-0.25, -0.2) is 4.39 Å². The molecule has 104 valence electrons. The molecule has 1 saturated carbocycles. The van der Waals surface area contributed by atoms with Gasteiger partial charge in [0.25, 0.3) is 0 Å². The van der Waals surface area contributed by atoms with E-state index >= 15 is 0 Å². The van der Waals surface area contributed by atoms with E-state index in [1.165, 1.54) is 12.8 Å². The van der Waals surface area contributed by atoms with Crippen molar-refractivity contribution in [3.05, 3.63) is 59.9 Å². The van der Waals surface area contributed by atoms with E-state index in [-0.39, 0.29) is 64.0 Å². The molecular weight excluding hydrogens is 333 g/mol. The molecule has 1 aliphatic rings. The Morgan fingerprint density at radius 2 is 1.62 bits per heavy atom. The molecule has 0 radical (unpaired) electrons. The Bertz CT molecular complexity index is 571. The molecule has 0 atom stereocenters. The minimum Gasteiger partial charge on any atom is -0.207 e. The van der Waals surface area contributed by atoms with Crippen LogP contribution in [0.1, 0.15) is 44.1 Å². The fourth-order valence-electron chi connectivity index (χ4n) is 3.19. The third-order valence-corrected chi connectivity index (χ3v) is 4.51. The third kappa shape index (κ3) is 4.34. The Kier molecular flexibility index (Phi) is 6.80. The fraction of sp³-hybridized carbons (Fsp3) is 0.368. The summed E-state index contributed by atoms with van der Waals surface area (Å²) in [6.07, 6.45) is 4.69. The first-order chi connectivity index (χ1) is 9.74. The van der Waals surface area contributed by atoms with Crippen molar-refractivity contribution in [1.82, 2.24) is 0 Å². The summed E-state index contributed by atoms with van der Waals surface area (Å²) in [4.78, 5) is 0. The maximum atomic E-state index is 14.4. The number of hydrogen-bond acceptors (Lipinski definition) is 0. The van der Waals surface area contributed by atoms with Gasteiger partial charge in [-0.15, -0.1) is 5.56 Å². The average Bonchev–Trinajstić information content (AvgIpc) is 2.49. The molecule has 3 rings (SSSR count). The second kappa shape index (κ2) is 8.15. The van der Waals surface area contributed by atoms with E-state index in [1.54, 1.807) is 6.07 Å². The summed E-state index contributed by atoms with van der Waals surface area (Å²) in [6.45, 7) is 2.29. The van der Waals surface area contributed by atoms with Gasteiger partial charge in [-0.2, -0.15) is 30.3 Å². The van der Waals surface area contributed by atoms with Gasteiger partial charge in [0.15, 0.2) is 0 Å². The molecule has 21 heavy (non-hydrogen) atoms. The van der Waals surface area contributed by atoms with E-state index < -0.39 is 0 Å². The second-order valence-electron chi connectivity index (χ2n) is 5.98. The molecule has 0 heterocycles. The van der Waals surface area contributed by atoms with Crippen LogP contribution in [-0.4, -0.2) is 0 Å². The van der Waals surface area contributed by atoms with Gasteiger partial charge < -0.3 is 0 Å². The Labute approximate surface area is 175 Å². The monoisotopic (exact) mass is 352 g/mol. The molecule has 0 N–H and O–H groups in total. The first-order valence-corrected chi connectivity index (χ1v) is 7.50. The Morgan fingerprint density at radius 1 is 0.952 bits per heavy atom. The molecule has 0 aliphatic heterocycles. The van der Waals surface area contributed by atoms with Crippen molar-refractivity contribution in [3.63, 3.8) is 0 Å². The van der Waals surface area contributed by atoms with E-state index in [9.17, 15) is 4.39 Å². The van der Waals surface area contributed by atoms with Crippen LogP contribution in [0.5, 0.6) is 0 Å². The maximum absolute atomic E-state index is 14.4. The molecule has 2 heteroatoms. The van der Waals surface area contributed by atoms with Gasteiger partial charge in [-0.05, 0) is 41.9 Å². The van der Waals surface area contributed by atoms with Crippen molar-refractivity contribution in [3.8, 4) is 11.1 Å². The summed E-state index contributed by atoms with van der Waals surface area (Å²) in [7, 11) is 0. The molecule has 1 fully saturated rings. The van der Waals surface area contributed by atoms with Gasteiger partial charge in [-0.3, -0.25) is 0 Å². The Morgan fingerprint density at radius 3 is 2.24 bits per heavy atom. The van der Waals surface area contributed by atoms with Gasteiger partial charge in [0.05, 0.1) is 0 Å². The number of benzene rings is 2. The van der Waals surface area contributed by atoms with Crippen LogP contribution in [0.4, 0.5) is 4.39 Å². The van der Waals surface area contributed by atoms with Crippen molar-refractivity contribution < 1.29 is 62.6 Å². The van der Waals surface area contributed by atoms with Crippen LogP contribution in [0, 0.1) is 17.8 Å². The Hall–Kier alpha value is 0.175. The van der Waals surface area contributed by atoms with Gasteiger partial charge >= 0.3 is 58.2 Å². The summed E-state index contributed by atoms with van der Waals surface area (Å²) >= 11 is 0. The van der Waals surface area contributed by atoms with Crippen LogP contribution in [-0.2, 0) is 0 Å². The maximum Gasteiger partial charge on any atom is 1.00 e. The predicted molar refractivity (Wildman–Crippen MR) is 81.0 cm³/mol. The van der Waals surface area contributed by atoms with Crippen LogP contribution >= 0.6 is 0 Å². The van der Waals surface area contributed by atoms with Crippen molar-refractivity contribution in [2.45, 2.75) is 38.5 Å². The topological polar surface area (TPSA) is 0 Å². The summed E-state index contributed by atoms with van der Waals surface area (Å²) in [5.74, 6) is 1.16. The van der Waals surface area contributed by atoms with Crippen molar-refractivity contribution in [2.24, 2.45) is 5.92 Å². The molecule has 0 saturated heterocycles. The van der Waals surface area contributed by atoms with Gasteiger partial charge in [-0.1, -0.05) is 31.9 Å². The predicted octanol–water partition coefficient (Wildman–Crippen LogP) is 2.59. The quantitative estimate of drug-likeness (QED) is 0.729. The van der Waals surface area contributed by atoms with Gasteiger partial charge in [0.2, 0.25) is 0 Å².